The molecule has 0 saturated carbocycles. The molecule has 0 aliphatic rings. The van der Waals surface area contributed by atoms with Gasteiger partial charge in [-0.05, 0) is 19.1 Å². The van der Waals surface area contributed by atoms with Gasteiger partial charge in [-0.15, -0.1) is 0 Å². The zero-order valence-corrected chi connectivity index (χ0v) is 10.7. The number of para-hydroxylation sites is 1. The number of hydrogen-bond acceptors (Lipinski definition) is 2. The minimum absolute atomic E-state index is 0.688. The minimum Gasteiger partial charge on any atom is -0.396 e. The van der Waals surface area contributed by atoms with Gasteiger partial charge < -0.3 is 5.73 Å². The average Bonchev–Trinajstić information content (AvgIpc) is 2.83. The molecule has 0 unspecified atom stereocenters. The van der Waals surface area contributed by atoms with Crippen LogP contribution >= 0.6 is 0 Å². The van der Waals surface area contributed by atoms with Gasteiger partial charge in [0.2, 0.25) is 0 Å². The van der Waals surface area contributed by atoms with Gasteiger partial charge in [0.15, 0.2) is 0 Å². The van der Waals surface area contributed by atoms with Gasteiger partial charge in [0.1, 0.15) is 0 Å². The molecular formula is C16H15N3. The first kappa shape index (κ1) is 11.5. The van der Waals surface area contributed by atoms with Gasteiger partial charge in [0.05, 0.1) is 23.3 Å². The van der Waals surface area contributed by atoms with Gasteiger partial charge in [-0.25, -0.2) is 4.68 Å². The molecule has 0 radical (unpaired) electrons. The lowest BCUT2D eigenvalue weighted by Crippen LogP contribution is -1.99. The van der Waals surface area contributed by atoms with Gasteiger partial charge in [-0.2, -0.15) is 5.10 Å². The smallest absolute Gasteiger partial charge is 0.0970 e. The summed E-state index contributed by atoms with van der Waals surface area (Å²) >= 11 is 0. The molecule has 0 atom stereocenters. The fourth-order valence-corrected chi connectivity index (χ4v) is 2.13. The van der Waals surface area contributed by atoms with E-state index in [4.69, 9.17) is 5.73 Å². The lowest BCUT2D eigenvalue weighted by atomic mass is 10.1. The predicted molar refractivity (Wildman–Crippen MR) is 78.1 cm³/mol. The van der Waals surface area contributed by atoms with Crippen LogP contribution < -0.4 is 5.73 Å². The highest BCUT2D eigenvalue weighted by Crippen LogP contribution is 2.28. The minimum atomic E-state index is 0.688. The fraction of sp³-hybridized carbons (Fsp3) is 0.0625. The van der Waals surface area contributed by atoms with Crippen LogP contribution in [0.4, 0.5) is 5.69 Å². The Morgan fingerprint density at radius 1 is 0.947 bits per heavy atom. The number of nitrogens with two attached hydrogens (primary N) is 1. The third-order valence-corrected chi connectivity index (χ3v) is 3.12. The van der Waals surface area contributed by atoms with Crippen LogP contribution in [0.15, 0.2) is 60.8 Å². The van der Waals surface area contributed by atoms with E-state index in [1.807, 2.05) is 35.0 Å². The van der Waals surface area contributed by atoms with E-state index in [1.54, 1.807) is 6.20 Å². The maximum atomic E-state index is 6.07. The van der Waals surface area contributed by atoms with Crippen LogP contribution in [-0.2, 0) is 0 Å². The van der Waals surface area contributed by atoms with Crippen molar-refractivity contribution in [1.82, 2.24) is 9.78 Å². The van der Waals surface area contributed by atoms with Crippen LogP contribution in [0.3, 0.4) is 0 Å². The monoisotopic (exact) mass is 249 g/mol. The van der Waals surface area contributed by atoms with Crippen molar-refractivity contribution in [2.45, 2.75) is 6.92 Å². The summed E-state index contributed by atoms with van der Waals surface area (Å²) in [7, 11) is 0. The summed E-state index contributed by atoms with van der Waals surface area (Å²) in [6.07, 6.45) is 1.70. The van der Waals surface area contributed by atoms with Gasteiger partial charge in [-0.3, -0.25) is 0 Å². The molecule has 0 saturated heterocycles. The van der Waals surface area contributed by atoms with E-state index in [0.29, 0.717) is 5.69 Å². The van der Waals surface area contributed by atoms with Crippen LogP contribution in [0, 0.1) is 6.92 Å². The number of nitrogen functional groups attached to an aromatic ring is 1. The number of nitrogens with zero attached hydrogens (tertiary/aromatic N) is 2. The third-order valence-electron chi connectivity index (χ3n) is 3.12. The summed E-state index contributed by atoms with van der Waals surface area (Å²) in [5, 5.41) is 4.38. The molecule has 0 spiro atoms. The molecule has 3 rings (SSSR count). The molecule has 0 aliphatic heterocycles. The lowest BCUT2D eigenvalue weighted by molar-refractivity contribution is 0.888. The van der Waals surface area contributed by atoms with E-state index in [2.05, 4.69) is 36.3 Å². The van der Waals surface area contributed by atoms with E-state index < -0.39 is 0 Å². The molecule has 2 aromatic carbocycles. The normalized spacial score (nSPS) is 10.6. The molecule has 3 aromatic rings. The highest BCUT2D eigenvalue weighted by Gasteiger charge is 2.11. The molecule has 0 amide bonds. The Kier molecular flexibility index (Phi) is 2.80. The maximum absolute atomic E-state index is 6.07. The van der Waals surface area contributed by atoms with Crippen molar-refractivity contribution in [3.63, 3.8) is 0 Å². The van der Waals surface area contributed by atoms with Crippen molar-refractivity contribution >= 4 is 5.69 Å². The number of anilines is 1. The summed E-state index contributed by atoms with van der Waals surface area (Å²) in [4.78, 5) is 0. The Morgan fingerprint density at radius 2 is 1.63 bits per heavy atom. The van der Waals surface area contributed by atoms with Crippen molar-refractivity contribution in [2.24, 2.45) is 0 Å². The van der Waals surface area contributed by atoms with Crippen LogP contribution in [0.5, 0.6) is 0 Å². The van der Waals surface area contributed by atoms with E-state index in [0.717, 1.165) is 16.9 Å². The second-order valence-electron chi connectivity index (χ2n) is 4.56. The number of hydrogen-bond donors (Lipinski definition) is 1. The molecule has 19 heavy (non-hydrogen) atoms. The second kappa shape index (κ2) is 4.61. The molecule has 3 nitrogen and oxygen atoms in total. The zero-order valence-electron chi connectivity index (χ0n) is 10.7. The van der Waals surface area contributed by atoms with Crippen LogP contribution in [0.25, 0.3) is 16.9 Å². The molecule has 94 valence electrons. The Balaban J connectivity index is 2.17. The Hall–Kier alpha value is -2.55. The molecule has 0 bridgehead atoms. The first-order valence-electron chi connectivity index (χ1n) is 6.21. The van der Waals surface area contributed by atoms with Crippen molar-refractivity contribution in [3.05, 3.63) is 66.4 Å². The molecule has 0 aliphatic carbocycles. The van der Waals surface area contributed by atoms with Crippen molar-refractivity contribution in [3.8, 4) is 16.9 Å². The number of rotatable bonds is 2. The standard InChI is InChI=1S/C16H15N3/c1-12-7-9-13(10-8-12)16-15(17)11-18-19(16)14-5-3-2-4-6-14/h2-11H,17H2,1H3. The van der Waals surface area contributed by atoms with Gasteiger partial charge >= 0.3 is 0 Å². The summed E-state index contributed by atoms with van der Waals surface area (Å²) in [5.74, 6) is 0. The topological polar surface area (TPSA) is 43.8 Å². The van der Waals surface area contributed by atoms with Crippen molar-refractivity contribution in [1.29, 1.82) is 0 Å². The quantitative estimate of drug-likeness (QED) is 0.756. The summed E-state index contributed by atoms with van der Waals surface area (Å²) < 4.78 is 1.88. The molecule has 3 heteroatoms. The van der Waals surface area contributed by atoms with Gasteiger partial charge in [0, 0.05) is 5.56 Å². The van der Waals surface area contributed by atoms with E-state index in [9.17, 15) is 0 Å². The van der Waals surface area contributed by atoms with E-state index >= 15 is 0 Å². The van der Waals surface area contributed by atoms with Crippen molar-refractivity contribution in [2.75, 3.05) is 5.73 Å². The SMILES string of the molecule is Cc1ccc(-c2c(N)cnn2-c2ccccc2)cc1. The number of aryl methyl sites for hydroxylation is 1. The number of aromatic nitrogens is 2. The molecule has 2 N–H and O–H groups in total. The van der Waals surface area contributed by atoms with E-state index in [-0.39, 0.29) is 0 Å². The molecule has 0 fully saturated rings. The lowest BCUT2D eigenvalue weighted by Gasteiger charge is -2.08. The molecular weight excluding hydrogens is 234 g/mol. The van der Waals surface area contributed by atoms with Crippen LogP contribution in [0.1, 0.15) is 5.56 Å². The number of benzene rings is 2. The fourth-order valence-electron chi connectivity index (χ4n) is 2.13. The zero-order chi connectivity index (χ0) is 13.2. The van der Waals surface area contributed by atoms with Gasteiger partial charge in [0.25, 0.3) is 0 Å². The van der Waals surface area contributed by atoms with Crippen LogP contribution in [-0.4, -0.2) is 9.78 Å². The molecule has 1 aromatic heterocycles. The Bertz CT molecular complexity index is 682. The Morgan fingerprint density at radius 3 is 2.32 bits per heavy atom. The highest BCUT2D eigenvalue weighted by molar-refractivity contribution is 5.74. The highest BCUT2D eigenvalue weighted by atomic mass is 15.3. The maximum Gasteiger partial charge on any atom is 0.0970 e. The summed E-state index contributed by atoms with van der Waals surface area (Å²) in [6, 6.07) is 18.3. The van der Waals surface area contributed by atoms with Crippen molar-refractivity contribution < 1.29 is 0 Å². The Labute approximate surface area is 112 Å². The first-order valence-corrected chi connectivity index (χ1v) is 6.21. The van der Waals surface area contributed by atoms with E-state index in [1.165, 1.54) is 5.56 Å². The average molecular weight is 249 g/mol. The van der Waals surface area contributed by atoms with Crippen LogP contribution in [0.2, 0.25) is 0 Å². The largest absolute Gasteiger partial charge is 0.396 e. The second-order valence-corrected chi connectivity index (χ2v) is 4.56. The van der Waals surface area contributed by atoms with Gasteiger partial charge in [-0.1, -0.05) is 48.0 Å². The summed E-state index contributed by atoms with van der Waals surface area (Å²) in [5.41, 5.74) is 11.0. The summed E-state index contributed by atoms with van der Waals surface area (Å²) in [6.45, 7) is 2.07. The molecule has 1 heterocycles. The first-order chi connectivity index (χ1) is 9.25. The third kappa shape index (κ3) is 2.10. The predicted octanol–water partition coefficient (Wildman–Crippen LogP) is 3.43.